The lowest BCUT2D eigenvalue weighted by atomic mass is 9.94. The van der Waals surface area contributed by atoms with E-state index >= 15 is 0 Å². The van der Waals surface area contributed by atoms with Gasteiger partial charge in [0, 0.05) is 50.1 Å². The summed E-state index contributed by atoms with van der Waals surface area (Å²) in [6.45, 7) is 4.27. The zero-order valence-corrected chi connectivity index (χ0v) is 15.5. The zero-order chi connectivity index (χ0) is 18.7. The molecule has 2 aliphatic rings. The van der Waals surface area contributed by atoms with Crippen LogP contribution in [0.15, 0.2) is 41.5 Å². The molecule has 7 nitrogen and oxygen atoms in total. The molecular formula is C20H26N4O3. The van der Waals surface area contributed by atoms with E-state index in [1.165, 1.54) is 0 Å². The number of β-amino-alcohol motifs (C(OH)–C–C–N with tert-alkyl or cyclic N) is 1. The Balaban J connectivity index is 1.37. The minimum absolute atomic E-state index is 0.0624. The van der Waals surface area contributed by atoms with Crippen molar-refractivity contribution in [3.63, 3.8) is 0 Å². The number of piperidine rings is 1. The van der Waals surface area contributed by atoms with E-state index in [0.29, 0.717) is 38.6 Å². The van der Waals surface area contributed by atoms with Crippen molar-refractivity contribution in [2.75, 3.05) is 32.8 Å². The molecule has 0 aromatic carbocycles. The molecule has 0 aliphatic carbocycles. The minimum Gasteiger partial charge on any atom is -0.386 e. The van der Waals surface area contributed by atoms with Crippen LogP contribution in [-0.2, 0) is 11.3 Å². The van der Waals surface area contributed by atoms with Gasteiger partial charge in [-0.05, 0) is 50.0 Å². The van der Waals surface area contributed by atoms with Gasteiger partial charge in [0.25, 0.3) is 5.56 Å². The number of aliphatic hydroxyl groups is 1. The van der Waals surface area contributed by atoms with Crippen molar-refractivity contribution in [3.8, 4) is 11.3 Å². The molecule has 0 bridgehead atoms. The summed E-state index contributed by atoms with van der Waals surface area (Å²) in [7, 11) is 0. The third-order valence-corrected chi connectivity index (χ3v) is 5.58. The van der Waals surface area contributed by atoms with Crippen LogP contribution in [0, 0.1) is 5.92 Å². The fraction of sp³-hybridized carbons (Fsp3) is 0.550. The fourth-order valence-corrected chi connectivity index (χ4v) is 3.97. The molecule has 2 aromatic heterocycles. The largest absolute Gasteiger partial charge is 0.386 e. The lowest BCUT2D eigenvalue weighted by molar-refractivity contribution is -0.0127. The zero-order valence-electron chi connectivity index (χ0n) is 15.5. The Morgan fingerprint density at radius 2 is 1.96 bits per heavy atom. The third-order valence-electron chi connectivity index (χ3n) is 5.58. The average Bonchev–Trinajstić information content (AvgIpc) is 3.12. The van der Waals surface area contributed by atoms with Gasteiger partial charge >= 0.3 is 0 Å². The van der Waals surface area contributed by atoms with Gasteiger partial charge in [-0.25, -0.2) is 4.68 Å². The van der Waals surface area contributed by atoms with Gasteiger partial charge in [0.2, 0.25) is 0 Å². The van der Waals surface area contributed by atoms with Crippen molar-refractivity contribution in [1.82, 2.24) is 19.7 Å². The highest BCUT2D eigenvalue weighted by molar-refractivity contribution is 5.56. The maximum atomic E-state index is 12.2. The summed E-state index contributed by atoms with van der Waals surface area (Å²) in [6.07, 6.45) is 6.18. The molecule has 144 valence electrons. The predicted octanol–water partition coefficient (Wildman–Crippen LogP) is 1.17. The predicted molar refractivity (Wildman–Crippen MR) is 101 cm³/mol. The summed E-state index contributed by atoms with van der Waals surface area (Å²) in [5.41, 5.74) is 0.996. The lowest BCUT2D eigenvalue weighted by Crippen LogP contribution is -2.47. The van der Waals surface area contributed by atoms with Crippen molar-refractivity contribution >= 4 is 0 Å². The second kappa shape index (κ2) is 7.88. The Bertz CT molecular complexity index is 809. The quantitative estimate of drug-likeness (QED) is 0.851. The number of hydrogen-bond donors (Lipinski definition) is 1. The van der Waals surface area contributed by atoms with Gasteiger partial charge in [-0.1, -0.05) is 0 Å². The first-order valence-corrected chi connectivity index (χ1v) is 9.62. The standard InChI is InChI=1S/C20H26N4O3/c25-19-2-1-18(17-3-8-21-9-4-17)22-24(19)13-16-5-10-23(11-6-16)14-20(26)7-12-27-15-20/h1-4,8-9,16,26H,5-7,10-15H2. The summed E-state index contributed by atoms with van der Waals surface area (Å²) in [4.78, 5) is 18.6. The van der Waals surface area contributed by atoms with Gasteiger partial charge in [0.1, 0.15) is 5.60 Å². The Hall–Kier alpha value is -2.09. The summed E-state index contributed by atoms with van der Waals surface area (Å²) < 4.78 is 6.93. The van der Waals surface area contributed by atoms with Crippen molar-refractivity contribution in [1.29, 1.82) is 0 Å². The van der Waals surface area contributed by atoms with Gasteiger partial charge in [-0.2, -0.15) is 5.10 Å². The van der Waals surface area contributed by atoms with E-state index in [4.69, 9.17) is 4.74 Å². The molecule has 2 fully saturated rings. The molecule has 1 N–H and O–H groups in total. The molecule has 0 saturated carbocycles. The lowest BCUT2D eigenvalue weighted by Gasteiger charge is -2.36. The average molecular weight is 370 g/mol. The van der Waals surface area contributed by atoms with Crippen molar-refractivity contribution in [2.24, 2.45) is 5.92 Å². The van der Waals surface area contributed by atoms with Crippen LogP contribution in [0.2, 0.25) is 0 Å². The minimum atomic E-state index is -0.690. The summed E-state index contributed by atoms with van der Waals surface area (Å²) >= 11 is 0. The molecule has 2 aromatic rings. The van der Waals surface area contributed by atoms with Crippen LogP contribution in [0.1, 0.15) is 19.3 Å². The molecular weight excluding hydrogens is 344 g/mol. The molecule has 1 atom stereocenters. The van der Waals surface area contributed by atoms with Crippen LogP contribution in [-0.4, -0.2) is 63.2 Å². The molecule has 0 spiro atoms. The SMILES string of the molecule is O=c1ccc(-c2ccncc2)nn1CC1CCN(CC2(O)CCOC2)CC1. The molecule has 4 heterocycles. The molecule has 27 heavy (non-hydrogen) atoms. The molecule has 0 amide bonds. The number of aromatic nitrogens is 3. The second-order valence-corrected chi connectivity index (χ2v) is 7.72. The highest BCUT2D eigenvalue weighted by atomic mass is 16.5. The number of likely N-dealkylation sites (tertiary alicyclic amines) is 1. The van der Waals surface area contributed by atoms with E-state index in [1.54, 1.807) is 29.2 Å². The van der Waals surface area contributed by atoms with E-state index in [2.05, 4.69) is 15.0 Å². The van der Waals surface area contributed by atoms with Crippen LogP contribution in [0.5, 0.6) is 0 Å². The summed E-state index contributed by atoms with van der Waals surface area (Å²) in [5.74, 6) is 0.425. The van der Waals surface area contributed by atoms with Crippen LogP contribution in [0.4, 0.5) is 0 Å². The maximum absolute atomic E-state index is 12.2. The van der Waals surface area contributed by atoms with E-state index in [0.717, 1.165) is 37.2 Å². The summed E-state index contributed by atoms with van der Waals surface area (Å²) in [6, 6.07) is 7.15. The number of pyridine rings is 1. The molecule has 2 aliphatic heterocycles. The van der Waals surface area contributed by atoms with E-state index in [1.807, 2.05) is 12.1 Å². The summed E-state index contributed by atoms with van der Waals surface area (Å²) in [5, 5.41) is 15.0. The number of hydrogen-bond acceptors (Lipinski definition) is 6. The van der Waals surface area contributed by atoms with Gasteiger partial charge in [0.15, 0.2) is 0 Å². The molecule has 2 saturated heterocycles. The first-order valence-electron chi connectivity index (χ1n) is 9.62. The first-order chi connectivity index (χ1) is 13.1. The normalized spacial score (nSPS) is 24.3. The monoisotopic (exact) mass is 370 g/mol. The van der Waals surface area contributed by atoms with Crippen molar-refractivity contribution in [3.05, 3.63) is 47.0 Å². The van der Waals surface area contributed by atoms with Crippen molar-refractivity contribution in [2.45, 2.75) is 31.4 Å². The van der Waals surface area contributed by atoms with Crippen LogP contribution in [0.3, 0.4) is 0 Å². The molecule has 7 heteroatoms. The smallest absolute Gasteiger partial charge is 0.266 e. The Morgan fingerprint density at radius 3 is 2.67 bits per heavy atom. The Labute approximate surface area is 158 Å². The maximum Gasteiger partial charge on any atom is 0.266 e. The van der Waals surface area contributed by atoms with E-state index in [9.17, 15) is 9.90 Å². The topological polar surface area (TPSA) is 80.5 Å². The first kappa shape index (κ1) is 18.3. The van der Waals surface area contributed by atoms with Gasteiger partial charge in [0.05, 0.1) is 12.3 Å². The van der Waals surface area contributed by atoms with Gasteiger partial charge < -0.3 is 14.7 Å². The fourth-order valence-electron chi connectivity index (χ4n) is 3.97. The van der Waals surface area contributed by atoms with E-state index < -0.39 is 5.60 Å². The van der Waals surface area contributed by atoms with Crippen LogP contribution >= 0.6 is 0 Å². The second-order valence-electron chi connectivity index (χ2n) is 7.72. The Kier molecular flexibility index (Phi) is 5.33. The van der Waals surface area contributed by atoms with Crippen LogP contribution in [0.25, 0.3) is 11.3 Å². The number of nitrogens with zero attached hydrogens (tertiary/aromatic N) is 4. The highest BCUT2D eigenvalue weighted by Crippen LogP contribution is 2.24. The Morgan fingerprint density at radius 1 is 1.19 bits per heavy atom. The van der Waals surface area contributed by atoms with E-state index in [-0.39, 0.29) is 5.56 Å². The highest BCUT2D eigenvalue weighted by Gasteiger charge is 2.35. The number of rotatable bonds is 5. The third kappa shape index (κ3) is 4.43. The molecule has 4 rings (SSSR count). The van der Waals surface area contributed by atoms with Gasteiger partial charge in [-0.15, -0.1) is 0 Å². The van der Waals surface area contributed by atoms with Gasteiger partial charge in [-0.3, -0.25) is 9.78 Å². The molecule has 1 unspecified atom stereocenters. The van der Waals surface area contributed by atoms with Crippen LogP contribution < -0.4 is 5.56 Å². The number of ether oxygens (including phenoxy) is 1. The molecule has 0 radical (unpaired) electrons. The van der Waals surface area contributed by atoms with Crippen molar-refractivity contribution < 1.29 is 9.84 Å².